The number of rotatable bonds is 5. The Kier molecular flexibility index (Phi) is 4.91. The van der Waals surface area contributed by atoms with Gasteiger partial charge in [0.25, 0.3) is 0 Å². The normalized spacial score (nSPS) is 20.4. The van der Waals surface area contributed by atoms with Crippen molar-refractivity contribution in [1.82, 2.24) is 10.6 Å². The number of piperidine rings is 1. The average molecular weight is 228 g/mol. The zero-order valence-electron chi connectivity index (χ0n) is 9.25. The van der Waals surface area contributed by atoms with Crippen LogP contribution in [0.25, 0.3) is 0 Å². The van der Waals surface area contributed by atoms with Crippen LogP contribution in [0.2, 0.25) is 0 Å². The summed E-state index contributed by atoms with van der Waals surface area (Å²) in [7, 11) is 0. The molecule has 0 aliphatic carbocycles. The van der Waals surface area contributed by atoms with E-state index in [-0.39, 0.29) is 24.8 Å². The molecular formula is C10H16N2O4. The molecule has 6 heteroatoms. The van der Waals surface area contributed by atoms with Gasteiger partial charge in [0.05, 0.1) is 0 Å². The van der Waals surface area contributed by atoms with Crippen LogP contribution >= 0.6 is 0 Å². The van der Waals surface area contributed by atoms with Crippen molar-refractivity contribution >= 4 is 17.7 Å². The first kappa shape index (κ1) is 12.6. The Hall–Kier alpha value is -1.43. The van der Waals surface area contributed by atoms with E-state index in [1.165, 1.54) is 0 Å². The van der Waals surface area contributed by atoms with Gasteiger partial charge in [-0.05, 0) is 12.8 Å². The van der Waals surface area contributed by atoms with E-state index >= 15 is 0 Å². The molecule has 90 valence electrons. The molecule has 0 aromatic carbocycles. The van der Waals surface area contributed by atoms with Crippen molar-refractivity contribution in [2.75, 3.05) is 13.2 Å². The topological polar surface area (TPSA) is 84.5 Å². The molecule has 0 bridgehead atoms. The molecule has 1 atom stereocenters. The molecule has 0 aromatic heterocycles. The van der Waals surface area contributed by atoms with Gasteiger partial charge in [0.15, 0.2) is 0 Å². The highest BCUT2D eigenvalue weighted by atomic mass is 16.5. The van der Waals surface area contributed by atoms with E-state index < -0.39 is 11.9 Å². The molecule has 2 N–H and O–H groups in total. The summed E-state index contributed by atoms with van der Waals surface area (Å²) in [6, 6.07) is -0.615. The van der Waals surface area contributed by atoms with E-state index in [0.29, 0.717) is 13.0 Å². The highest BCUT2D eigenvalue weighted by Crippen LogP contribution is 2.03. The van der Waals surface area contributed by atoms with Crippen molar-refractivity contribution < 1.29 is 19.1 Å². The monoisotopic (exact) mass is 228 g/mol. The van der Waals surface area contributed by atoms with Gasteiger partial charge in [-0.3, -0.25) is 19.7 Å². The minimum atomic E-state index is -0.615. The second-order valence-electron chi connectivity index (χ2n) is 3.62. The largest absolute Gasteiger partial charge is 0.372 e. The third-order valence-corrected chi connectivity index (χ3v) is 2.16. The maximum absolute atomic E-state index is 11.3. The molecule has 1 aliphatic heterocycles. The summed E-state index contributed by atoms with van der Waals surface area (Å²) < 4.78 is 5.03. The van der Waals surface area contributed by atoms with Crippen LogP contribution in [0.1, 0.15) is 26.2 Å². The molecule has 6 nitrogen and oxygen atoms in total. The van der Waals surface area contributed by atoms with Gasteiger partial charge in [0.1, 0.15) is 12.6 Å². The first-order valence-electron chi connectivity index (χ1n) is 5.34. The molecule has 0 spiro atoms. The summed E-state index contributed by atoms with van der Waals surface area (Å²) in [6.07, 6.45) is 1.45. The lowest BCUT2D eigenvalue weighted by atomic mass is 10.1. The quantitative estimate of drug-likeness (QED) is 0.483. The van der Waals surface area contributed by atoms with Gasteiger partial charge in [-0.1, -0.05) is 6.92 Å². The predicted molar refractivity (Wildman–Crippen MR) is 55.4 cm³/mol. The van der Waals surface area contributed by atoms with E-state index in [4.69, 9.17) is 4.74 Å². The molecule has 1 aliphatic rings. The summed E-state index contributed by atoms with van der Waals surface area (Å²) in [5.41, 5.74) is 0. The molecular weight excluding hydrogens is 212 g/mol. The number of hydrogen-bond acceptors (Lipinski definition) is 4. The van der Waals surface area contributed by atoms with Crippen molar-refractivity contribution in [3.63, 3.8) is 0 Å². The van der Waals surface area contributed by atoms with Crippen LogP contribution in [0.4, 0.5) is 0 Å². The summed E-state index contributed by atoms with van der Waals surface area (Å²) in [5, 5.41) is 4.69. The fourth-order valence-electron chi connectivity index (χ4n) is 1.38. The van der Waals surface area contributed by atoms with Gasteiger partial charge < -0.3 is 10.1 Å². The number of carbonyl (C=O) groups excluding carboxylic acids is 3. The molecule has 1 heterocycles. The Balaban J connectivity index is 2.28. The van der Waals surface area contributed by atoms with Gasteiger partial charge in [0.2, 0.25) is 17.7 Å². The third-order valence-electron chi connectivity index (χ3n) is 2.16. The SMILES string of the molecule is CCCOCC(=O)NC1CCC(=O)NC1=O. The Labute approximate surface area is 93.7 Å². The van der Waals surface area contributed by atoms with E-state index in [1.807, 2.05) is 6.92 Å². The van der Waals surface area contributed by atoms with Crippen LogP contribution in [-0.4, -0.2) is 37.0 Å². The molecule has 1 fully saturated rings. The first-order chi connectivity index (χ1) is 7.63. The van der Waals surface area contributed by atoms with Crippen LogP contribution in [-0.2, 0) is 19.1 Å². The fraction of sp³-hybridized carbons (Fsp3) is 0.700. The molecule has 16 heavy (non-hydrogen) atoms. The summed E-state index contributed by atoms with van der Waals surface area (Å²) >= 11 is 0. The third kappa shape index (κ3) is 3.98. The number of nitrogens with one attached hydrogen (secondary N) is 2. The van der Waals surface area contributed by atoms with Crippen LogP contribution in [0.5, 0.6) is 0 Å². The number of ether oxygens (including phenoxy) is 1. The van der Waals surface area contributed by atoms with Crippen LogP contribution in [0.15, 0.2) is 0 Å². The van der Waals surface area contributed by atoms with Gasteiger partial charge in [-0.15, -0.1) is 0 Å². The van der Waals surface area contributed by atoms with Crippen LogP contribution in [0.3, 0.4) is 0 Å². The number of hydrogen-bond donors (Lipinski definition) is 2. The van der Waals surface area contributed by atoms with Crippen molar-refractivity contribution in [2.45, 2.75) is 32.2 Å². The molecule has 3 amide bonds. The minimum Gasteiger partial charge on any atom is -0.372 e. The van der Waals surface area contributed by atoms with E-state index in [1.54, 1.807) is 0 Å². The van der Waals surface area contributed by atoms with Gasteiger partial charge >= 0.3 is 0 Å². The van der Waals surface area contributed by atoms with E-state index in [9.17, 15) is 14.4 Å². The highest BCUT2D eigenvalue weighted by molar-refractivity contribution is 6.01. The molecule has 1 rings (SSSR count). The van der Waals surface area contributed by atoms with Crippen LogP contribution < -0.4 is 10.6 Å². The average Bonchev–Trinajstić information content (AvgIpc) is 2.23. The second-order valence-corrected chi connectivity index (χ2v) is 3.62. The highest BCUT2D eigenvalue weighted by Gasteiger charge is 2.27. The van der Waals surface area contributed by atoms with Crippen molar-refractivity contribution in [1.29, 1.82) is 0 Å². The van der Waals surface area contributed by atoms with Crippen molar-refractivity contribution in [3.8, 4) is 0 Å². The zero-order chi connectivity index (χ0) is 12.0. The standard InChI is InChI=1S/C10H16N2O4/c1-2-5-16-6-9(14)11-7-3-4-8(13)12-10(7)15/h7H,2-6H2,1H3,(H,11,14)(H,12,13,15). The van der Waals surface area contributed by atoms with Crippen molar-refractivity contribution in [3.05, 3.63) is 0 Å². The van der Waals surface area contributed by atoms with Gasteiger partial charge in [-0.25, -0.2) is 0 Å². The van der Waals surface area contributed by atoms with E-state index in [2.05, 4.69) is 10.6 Å². The number of imide groups is 1. The second kappa shape index (κ2) is 6.22. The van der Waals surface area contributed by atoms with Crippen LogP contribution in [0, 0.1) is 0 Å². The predicted octanol–water partition coefficient (Wildman–Crippen LogP) is -0.666. The molecule has 0 radical (unpaired) electrons. The van der Waals surface area contributed by atoms with Gasteiger partial charge in [0, 0.05) is 13.0 Å². The molecule has 1 unspecified atom stereocenters. The fourth-order valence-corrected chi connectivity index (χ4v) is 1.38. The lowest BCUT2D eigenvalue weighted by molar-refractivity contribution is -0.138. The first-order valence-corrected chi connectivity index (χ1v) is 5.34. The Morgan fingerprint density at radius 1 is 1.56 bits per heavy atom. The van der Waals surface area contributed by atoms with Crippen molar-refractivity contribution in [2.24, 2.45) is 0 Å². The maximum atomic E-state index is 11.3. The Morgan fingerprint density at radius 3 is 2.94 bits per heavy atom. The summed E-state index contributed by atoms with van der Waals surface area (Å²) in [5.74, 6) is -1.07. The molecule has 1 saturated heterocycles. The lowest BCUT2D eigenvalue weighted by Gasteiger charge is -2.21. The Bertz CT molecular complexity index is 291. The summed E-state index contributed by atoms with van der Waals surface area (Å²) in [6.45, 7) is 2.41. The maximum Gasteiger partial charge on any atom is 0.249 e. The van der Waals surface area contributed by atoms with Gasteiger partial charge in [-0.2, -0.15) is 0 Å². The zero-order valence-corrected chi connectivity index (χ0v) is 9.25. The summed E-state index contributed by atoms with van der Waals surface area (Å²) in [4.78, 5) is 33.4. The number of amides is 3. The number of carbonyl (C=O) groups is 3. The lowest BCUT2D eigenvalue weighted by Crippen LogP contribution is -2.52. The molecule has 0 aromatic rings. The Morgan fingerprint density at radius 2 is 2.31 bits per heavy atom. The van der Waals surface area contributed by atoms with E-state index in [0.717, 1.165) is 6.42 Å². The molecule has 0 saturated carbocycles. The minimum absolute atomic E-state index is 0.0500. The smallest absolute Gasteiger partial charge is 0.249 e.